The van der Waals surface area contributed by atoms with Gasteiger partial charge in [0.25, 0.3) is 0 Å². The monoisotopic (exact) mass is 348 g/mol. The molecule has 0 aliphatic rings. The van der Waals surface area contributed by atoms with E-state index in [1.54, 1.807) is 6.20 Å². The number of hydrogen-bond acceptors (Lipinski definition) is 6. The predicted octanol–water partition coefficient (Wildman–Crippen LogP) is 2.91. The lowest BCUT2D eigenvalue weighted by Gasteiger charge is -2.22. The lowest BCUT2D eigenvalue weighted by Crippen LogP contribution is -2.25. The van der Waals surface area contributed by atoms with Crippen molar-refractivity contribution in [2.24, 2.45) is 0 Å². The molecule has 4 aromatic rings. The smallest absolute Gasteiger partial charge is 0.135 e. The minimum absolute atomic E-state index is 0.785. The van der Waals surface area contributed by atoms with E-state index in [-0.39, 0.29) is 0 Å². The van der Waals surface area contributed by atoms with Crippen molar-refractivity contribution in [1.82, 2.24) is 29.7 Å². The highest BCUT2D eigenvalue weighted by Crippen LogP contribution is 2.15. The van der Waals surface area contributed by atoms with Gasteiger partial charge in [-0.25, -0.2) is 9.61 Å². The highest BCUT2D eigenvalue weighted by atomic mass is 16.6. The van der Waals surface area contributed by atoms with Crippen LogP contribution in [0.25, 0.3) is 11.0 Å². The minimum Gasteiger partial charge on any atom is -0.337 e. The number of nitrogens with zero attached hydrogens (tertiary/aromatic N) is 6. The number of imidazole rings is 1. The summed E-state index contributed by atoms with van der Waals surface area (Å²) in [5, 5.41) is 7.81. The standard InChI is InChI=1S/C19H20N6O/c1-3-17(12-20-6-1)14-25(9-2-8-24-10-7-21-15-24)13-16-4-5-18-19(11-16)23-26-22-18/h1,3-7,10-12,15H,2,8-9,13-14H2. The van der Waals surface area contributed by atoms with Crippen molar-refractivity contribution >= 4 is 11.0 Å². The van der Waals surface area contributed by atoms with Crippen molar-refractivity contribution in [3.8, 4) is 0 Å². The van der Waals surface area contributed by atoms with Crippen LogP contribution in [0, 0.1) is 0 Å². The largest absolute Gasteiger partial charge is 0.337 e. The maximum Gasteiger partial charge on any atom is 0.135 e. The minimum atomic E-state index is 0.785. The van der Waals surface area contributed by atoms with Crippen LogP contribution >= 0.6 is 0 Å². The second kappa shape index (κ2) is 7.88. The lowest BCUT2D eigenvalue weighted by atomic mass is 10.1. The first-order valence-corrected chi connectivity index (χ1v) is 8.65. The van der Waals surface area contributed by atoms with Gasteiger partial charge < -0.3 is 4.57 Å². The van der Waals surface area contributed by atoms with Crippen molar-refractivity contribution in [3.63, 3.8) is 0 Å². The summed E-state index contributed by atoms with van der Waals surface area (Å²) in [6, 6.07) is 10.2. The van der Waals surface area contributed by atoms with Gasteiger partial charge in [-0.05, 0) is 46.1 Å². The van der Waals surface area contributed by atoms with Gasteiger partial charge in [0.15, 0.2) is 0 Å². The molecule has 0 spiro atoms. The van der Waals surface area contributed by atoms with Gasteiger partial charge in [0.1, 0.15) is 11.0 Å². The summed E-state index contributed by atoms with van der Waals surface area (Å²) in [4.78, 5) is 10.7. The molecular formula is C19H20N6O. The first-order valence-electron chi connectivity index (χ1n) is 8.65. The molecule has 3 aromatic heterocycles. The average molecular weight is 348 g/mol. The molecule has 0 saturated heterocycles. The van der Waals surface area contributed by atoms with Crippen molar-refractivity contribution in [2.45, 2.75) is 26.1 Å². The van der Waals surface area contributed by atoms with Gasteiger partial charge in [-0.2, -0.15) is 0 Å². The molecule has 0 amide bonds. The average Bonchev–Trinajstić information content (AvgIpc) is 3.33. The Labute approximate surface area is 151 Å². The van der Waals surface area contributed by atoms with Crippen LogP contribution in [0.5, 0.6) is 0 Å². The number of fused-ring (bicyclic) bond motifs is 1. The Morgan fingerprint density at radius 1 is 0.962 bits per heavy atom. The number of aryl methyl sites for hydroxylation is 1. The third kappa shape index (κ3) is 4.12. The highest BCUT2D eigenvalue weighted by Gasteiger charge is 2.09. The Morgan fingerprint density at radius 2 is 1.88 bits per heavy atom. The molecule has 7 nitrogen and oxygen atoms in total. The molecule has 0 atom stereocenters. The number of hydrogen-bond donors (Lipinski definition) is 0. The number of aromatic nitrogens is 5. The van der Waals surface area contributed by atoms with E-state index in [1.165, 1.54) is 11.1 Å². The van der Waals surface area contributed by atoms with Crippen molar-refractivity contribution < 1.29 is 4.63 Å². The fraction of sp³-hybridized carbons (Fsp3) is 0.263. The Balaban J connectivity index is 1.45. The van der Waals surface area contributed by atoms with Crippen molar-refractivity contribution in [2.75, 3.05) is 6.54 Å². The summed E-state index contributed by atoms with van der Waals surface area (Å²) in [7, 11) is 0. The highest BCUT2D eigenvalue weighted by molar-refractivity contribution is 5.73. The van der Waals surface area contributed by atoms with Gasteiger partial charge in [-0.1, -0.05) is 12.1 Å². The quantitative estimate of drug-likeness (QED) is 0.487. The van der Waals surface area contributed by atoms with Gasteiger partial charge in [0, 0.05) is 51.0 Å². The van der Waals surface area contributed by atoms with E-state index in [0.717, 1.165) is 43.6 Å². The van der Waals surface area contributed by atoms with Gasteiger partial charge in [0.05, 0.1) is 6.33 Å². The third-order valence-electron chi connectivity index (χ3n) is 4.30. The van der Waals surface area contributed by atoms with Crippen LogP contribution in [0.2, 0.25) is 0 Å². The molecular weight excluding hydrogens is 328 g/mol. The van der Waals surface area contributed by atoms with Crippen molar-refractivity contribution in [3.05, 3.63) is 72.6 Å². The molecule has 132 valence electrons. The predicted molar refractivity (Wildman–Crippen MR) is 97.0 cm³/mol. The van der Waals surface area contributed by atoms with Crippen LogP contribution in [0.1, 0.15) is 17.5 Å². The van der Waals surface area contributed by atoms with E-state index in [9.17, 15) is 0 Å². The molecule has 0 radical (unpaired) electrons. The number of rotatable bonds is 8. The van der Waals surface area contributed by atoms with Gasteiger partial charge in [-0.3, -0.25) is 9.88 Å². The molecule has 26 heavy (non-hydrogen) atoms. The van der Waals surface area contributed by atoms with E-state index in [1.807, 2.05) is 43.1 Å². The summed E-state index contributed by atoms with van der Waals surface area (Å²) >= 11 is 0. The van der Waals surface area contributed by atoms with Crippen LogP contribution in [0.4, 0.5) is 0 Å². The fourth-order valence-corrected chi connectivity index (χ4v) is 3.04. The van der Waals surface area contributed by atoms with Gasteiger partial charge >= 0.3 is 0 Å². The zero-order chi connectivity index (χ0) is 17.6. The molecule has 0 unspecified atom stereocenters. The second-order valence-corrected chi connectivity index (χ2v) is 6.31. The summed E-state index contributed by atoms with van der Waals surface area (Å²) in [6.45, 7) is 3.62. The zero-order valence-electron chi connectivity index (χ0n) is 14.4. The second-order valence-electron chi connectivity index (χ2n) is 6.31. The van der Waals surface area contributed by atoms with Gasteiger partial charge in [0.2, 0.25) is 0 Å². The number of pyridine rings is 1. The normalized spacial score (nSPS) is 11.4. The number of benzene rings is 1. The molecule has 0 bridgehead atoms. The molecule has 1 aromatic carbocycles. The molecule has 0 aliphatic heterocycles. The van der Waals surface area contributed by atoms with Crippen LogP contribution in [0.3, 0.4) is 0 Å². The van der Waals surface area contributed by atoms with Crippen LogP contribution < -0.4 is 0 Å². The topological polar surface area (TPSA) is 72.9 Å². The van der Waals surface area contributed by atoms with E-state index in [2.05, 4.69) is 41.9 Å². The molecule has 0 N–H and O–H groups in total. The molecule has 4 rings (SSSR count). The Morgan fingerprint density at radius 3 is 2.73 bits per heavy atom. The van der Waals surface area contributed by atoms with Crippen LogP contribution in [-0.2, 0) is 19.6 Å². The Hall–Kier alpha value is -3.06. The molecule has 0 saturated carbocycles. The van der Waals surface area contributed by atoms with E-state index in [4.69, 9.17) is 4.63 Å². The molecule has 3 heterocycles. The molecule has 0 aliphatic carbocycles. The van der Waals surface area contributed by atoms with Crippen LogP contribution in [-0.4, -0.2) is 36.3 Å². The SMILES string of the molecule is c1cncc(CN(CCCn2ccnc2)Cc2ccc3nonc3c2)c1. The maximum atomic E-state index is 4.80. The maximum absolute atomic E-state index is 4.80. The van der Waals surface area contributed by atoms with E-state index < -0.39 is 0 Å². The summed E-state index contributed by atoms with van der Waals surface area (Å²) in [5.74, 6) is 0. The first-order chi connectivity index (χ1) is 12.9. The van der Waals surface area contributed by atoms with E-state index in [0.29, 0.717) is 0 Å². The first kappa shape index (κ1) is 16.4. The Kier molecular flexibility index (Phi) is 4.97. The van der Waals surface area contributed by atoms with E-state index >= 15 is 0 Å². The third-order valence-corrected chi connectivity index (χ3v) is 4.30. The summed E-state index contributed by atoms with van der Waals surface area (Å²) in [6.07, 6.45) is 10.4. The van der Waals surface area contributed by atoms with Crippen molar-refractivity contribution in [1.29, 1.82) is 0 Å². The molecule has 7 heteroatoms. The molecule has 0 fully saturated rings. The summed E-state index contributed by atoms with van der Waals surface area (Å²) in [5.41, 5.74) is 3.98. The lowest BCUT2D eigenvalue weighted by molar-refractivity contribution is 0.248. The zero-order valence-corrected chi connectivity index (χ0v) is 14.4. The van der Waals surface area contributed by atoms with Gasteiger partial charge in [-0.15, -0.1) is 0 Å². The van der Waals surface area contributed by atoms with Crippen LogP contribution in [0.15, 0.2) is 66.1 Å². The fourth-order valence-electron chi connectivity index (χ4n) is 3.04. The summed E-state index contributed by atoms with van der Waals surface area (Å²) < 4.78 is 6.90. The Bertz CT molecular complexity index is 935.